The average molecular weight is 409 g/mol. The molecule has 4 rings (SSSR count). The third-order valence-corrected chi connectivity index (χ3v) is 10.5. The predicted molar refractivity (Wildman–Crippen MR) is 117 cm³/mol. The fourth-order valence-corrected chi connectivity index (χ4v) is 9.33. The van der Waals surface area contributed by atoms with Gasteiger partial charge in [-0.05, 0) is 25.5 Å². The van der Waals surface area contributed by atoms with Crippen molar-refractivity contribution in [2.24, 2.45) is 0 Å². The second-order valence-corrected chi connectivity index (χ2v) is 11.4. The van der Waals surface area contributed by atoms with Crippen LogP contribution in [-0.4, -0.2) is 20.3 Å². The molecule has 0 aliphatic carbocycles. The van der Waals surface area contributed by atoms with Crippen LogP contribution in [0.1, 0.15) is 18.9 Å². The molecule has 0 aromatic heterocycles. The maximum atomic E-state index is 14.6. The van der Waals surface area contributed by atoms with Gasteiger partial charge in [0, 0.05) is 16.7 Å². The Morgan fingerprint density at radius 2 is 1.36 bits per heavy atom. The van der Waals surface area contributed by atoms with Gasteiger partial charge in [-0.15, -0.1) is 0 Å². The van der Waals surface area contributed by atoms with Gasteiger partial charge < -0.3 is 4.57 Å². The maximum absolute atomic E-state index is 14.6. The zero-order valence-electron chi connectivity index (χ0n) is 16.1. The van der Waals surface area contributed by atoms with Gasteiger partial charge in [-0.2, -0.15) is 0 Å². The molecule has 28 heavy (non-hydrogen) atoms. The van der Waals surface area contributed by atoms with Gasteiger partial charge in [0.1, 0.15) is 16.8 Å². The Balaban J connectivity index is 1.78. The van der Waals surface area contributed by atoms with Crippen LogP contribution in [0.5, 0.6) is 0 Å². The summed E-state index contributed by atoms with van der Waals surface area (Å²) in [6.07, 6.45) is 0.811. The Morgan fingerprint density at radius 1 is 0.857 bits per heavy atom. The highest BCUT2D eigenvalue weighted by Crippen LogP contribution is 2.61. The van der Waals surface area contributed by atoms with Crippen LogP contribution >= 0.6 is 7.14 Å². The molecule has 3 aromatic rings. The standard InChI is InChI=1S/C23H24NO2PS/c1-3-22-23(24(22)28(26)21-16-14-18(2)15-17-21)27(25,19-10-6-4-7-11-19)20-12-8-5-9-13-20/h4-17,22-23H,3H2,1-2H3/t22-,23+,24?,28-/m0/s1. The monoisotopic (exact) mass is 409 g/mol. The highest BCUT2D eigenvalue weighted by molar-refractivity contribution is 7.85. The molecule has 0 amide bonds. The summed E-state index contributed by atoms with van der Waals surface area (Å²) in [6.45, 7) is 4.09. The van der Waals surface area contributed by atoms with E-state index in [0.29, 0.717) is 0 Å². The normalized spacial score (nSPS) is 22.6. The zero-order chi connectivity index (χ0) is 19.7. The van der Waals surface area contributed by atoms with Crippen LogP contribution < -0.4 is 10.6 Å². The lowest BCUT2D eigenvalue weighted by molar-refractivity contribution is 0.582. The minimum Gasteiger partial charge on any atom is -0.312 e. The quantitative estimate of drug-likeness (QED) is 0.446. The lowest BCUT2D eigenvalue weighted by Gasteiger charge is -2.19. The lowest BCUT2D eigenvalue weighted by Crippen LogP contribution is -2.22. The highest BCUT2D eigenvalue weighted by atomic mass is 32.2. The molecule has 0 radical (unpaired) electrons. The molecule has 1 saturated heterocycles. The molecule has 144 valence electrons. The van der Waals surface area contributed by atoms with E-state index in [1.54, 1.807) is 0 Å². The van der Waals surface area contributed by atoms with E-state index in [1.807, 2.05) is 96.2 Å². The Morgan fingerprint density at radius 3 is 1.82 bits per heavy atom. The first-order valence-corrected chi connectivity index (χ1v) is 12.4. The maximum Gasteiger partial charge on any atom is 0.162 e. The van der Waals surface area contributed by atoms with E-state index in [-0.39, 0.29) is 11.8 Å². The van der Waals surface area contributed by atoms with E-state index in [1.165, 1.54) is 0 Å². The smallest absolute Gasteiger partial charge is 0.162 e. The van der Waals surface area contributed by atoms with Gasteiger partial charge in [-0.3, -0.25) is 0 Å². The van der Waals surface area contributed by atoms with Gasteiger partial charge in [0.2, 0.25) is 0 Å². The van der Waals surface area contributed by atoms with Gasteiger partial charge in [0.15, 0.2) is 7.14 Å². The van der Waals surface area contributed by atoms with E-state index in [9.17, 15) is 8.77 Å². The first kappa shape index (κ1) is 19.3. The number of benzene rings is 3. The summed E-state index contributed by atoms with van der Waals surface area (Å²) in [6, 6.07) is 27.1. The van der Waals surface area contributed by atoms with Crippen molar-refractivity contribution >= 4 is 28.7 Å². The highest BCUT2D eigenvalue weighted by Gasteiger charge is 2.61. The molecule has 0 saturated carbocycles. The minimum absolute atomic E-state index is 0.0355. The summed E-state index contributed by atoms with van der Waals surface area (Å²) in [5, 5.41) is 1.65. The van der Waals surface area contributed by atoms with Crippen molar-refractivity contribution in [1.29, 1.82) is 0 Å². The molecule has 1 aliphatic heterocycles. The molecule has 4 atom stereocenters. The molecular formula is C23H24NO2PS. The molecule has 1 heterocycles. The predicted octanol–water partition coefficient (Wildman–Crippen LogP) is 4.45. The fourth-order valence-electron chi connectivity index (χ4n) is 3.79. The van der Waals surface area contributed by atoms with E-state index >= 15 is 0 Å². The largest absolute Gasteiger partial charge is 0.312 e. The van der Waals surface area contributed by atoms with Crippen LogP contribution in [0.3, 0.4) is 0 Å². The van der Waals surface area contributed by atoms with Crippen LogP contribution in [-0.2, 0) is 15.6 Å². The number of hydrogen-bond acceptors (Lipinski definition) is 2. The Kier molecular flexibility index (Phi) is 5.37. The molecule has 1 fully saturated rings. The van der Waals surface area contributed by atoms with Gasteiger partial charge in [0.05, 0.1) is 4.90 Å². The first-order chi connectivity index (χ1) is 13.6. The van der Waals surface area contributed by atoms with Crippen LogP contribution in [0.4, 0.5) is 0 Å². The molecule has 1 aliphatic rings. The average Bonchev–Trinajstić information content (AvgIpc) is 3.49. The topological polar surface area (TPSA) is 37.1 Å². The molecule has 3 nitrogen and oxygen atoms in total. The summed E-state index contributed by atoms with van der Waals surface area (Å²) in [4.78, 5) is 0.763. The van der Waals surface area contributed by atoms with Crippen molar-refractivity contribution in [2.75, 3.05) is 0 Å². The van der Waals surface area contributed by atoms with Crippen LogP contribution in [0.25, 0.3) is 0 Å². The molecule has 3 aromatic carbocycles. The van der Waals surface area contributed by atoms with Gasteiger partial charge in [-0.25, -0.2) is 8.51 Å². The molecule has 5 heteroatoms. The Bertz CT molecular complexity index is 978. The van der Waals surface area contributed by atoms with Crippen LogP contribution in [0.2, 0.25) is 0 Å². The van der Waals surface area contributed by atoms with Crippen molar-refractivity contribution < 1.29 is 8.77 Å². The van der Waals surface area contributed by atoms with Crippen LogP contribution in [0, 0.1) is 6.92 Å². The lowest BCUT2D eigenvalue weighted by atomic mass is 10.2. The number of rotatable bonds is 6. The molecule has 0 bridgehead atoms. The van der Waals surface area contributed by atoms with Crippen molar-refractivity contribution in [1.82, 2.24) is 4.31 Å². The number of aryl methyl sites for hydroxylation is 1. The Labute approximate surface area is 169 Å². The van der Waals surface area contributed by atoms with Crippen LogP contribution in [0.15, 0.2) is 89.8 Å². The first-order valence-electron chi connectivity index (χ1n) is 9.55. The summed E-state index contributed by atoms with van der Waals surface area (Å²) in [5.41, 5.74) is 1.13. The van der Waals surface area contributed by atoms with Crippen molar-refractivity contribution in [3.8, 4) is 0 Å². The van der Waals surface area contributed by atoms with E-state index in [2.05, 4.69) is 6.92 Å². The second-order valence-electron chi connectivity index (χ2n) is 7.14. The summed E-state index contributed by atoms with van der Waals surface area (Å²) in [7, 11) is -4.29. The minimum atomic E-state index is -2.96. The molecular weight excluding hydrogens is 385 g/mol. The van der Waals surface area contributed by atoms with Crippen molar-refractivity contribution in [3.05, 3.63) is 90.5 Å². The fraction of sp³-hybridized carbons (Fsp3) is 0.217. The van der Waals surface area contributed by atoms with E-state index in [0.717, 1.165) is 27.5 Å². The summed E-state index contributed by atoms with van der Waals surface area (Å²) < 4.78 is 29.8. The van der Waals surface area contributed by atoms with E-state index < -0.39 is 18.1 Å². The molecule has 0 N–H and O–H groups in total. The third-order valence-electron chi connectivity index (χ3n) is 5.33. The SMILES string of the molecule is CC[C@H]1[C@@H](P(=O)(c2ccccc2)c2ccccc2)N1[S@@](=O)c1ccc(C)cc1. The number of hydrogen-bond donors (Lipinski definition) is 0. The molecule has 0 spiro atoms. The number of nitrogens with zero attached hydrogens (tertiary/aromatic N) is 1. The van der Waals surface area contributed by atoms with Gasteiger partial charge in [-0.1, -0.05) is 85.3 Å². The van der Waals surface area contributed by atoms with Crippen molar-refractivity contribution in [2.45, 2.75) is 37.0 Å². The molecule has 1 unspecified atom stereocenters. The van der Waals surface area contributed by atoms with E-state index in [4.69, 9.17) is 0 Å². The summed E-state index contributed by atoms with van der Waals surface area (Å²) >= 11 is 0. The van der Waals surface area contributed by atoms with Gasteiger partial charge in [0.25, 0.3) is 0 Å². The van der Waals surface area contributed by atoms with Crippen molar-refractivity contribution in [3.63, 3.8) is 0 Å². The summed E-state index contributed by atoms with van der Waals surface area (Å²) in [5.74, 6) is -0.246. The third kappa shape index (κ3) is 3.30. The zero-order valence-corrected chi connectivity index (χ0v) is 17.8. The second kappa shape index (κ2) is 7.79. The van der Waals surface area contributed by atoms with Gasteiger partial charge >= 0.3 is 0 Å². The Hall–Kier alpha value is -2.00.